The monoisotopic (exact) mass is 568 g/mol. The summed E-state index contributed by atoms with van der Waals surface area (Å²) in [5.74, 6) is 0.996. The number of fused-ring (bicyclic) bond motifs is 1. The Labute approximate surface area is 232 Å². The van der Waals surface area contributed by atoms with E-state index in [4.69, 9.17) is 37.4 Å². The third kappa shape index (κ3) is 5.75. The molecule has 0 saturated carbocycles. The van der Waals surface area contributed by atoms with Gasteiger partial charge in [-0.05, 0) is 48.6 Å². The summed E-state index contributed by atoms with van der Waals surface area (Å²) in [7, 11) is 0. The second-order valence-corrected chi connectivity index (χ2v) is 10.0. The summed E-state index contributed by atoms with van der Waals surface area (Å²) >= 11 is 13.8. The summed E-state index contributed by atoms with van der Waals surface area (Å²) in [6.07, 6.45) is 2.52. The maximum atomic E-state index is 11.8. The Hall–Kier alpha value is -3.66. The van der Waals surface area contributed by atoms with E-state index in [1.54, 1.807) is 11.6 Å². The lowest BCUT2D eigenvalue weighted by Gasteiger charge is -2.11. The van der Waals surface area contributed by atoms with Gasteiger partial charge in [-0.15, -0.1) is 16.4 Å². The largest absolute Gasteiger partial charge is 0.513 e. The van der Waals surface area contributed by atoms with Gasteiger partial charge in [0.15, 0.2) is 5.75 Å². The van der Waals surface area contributed by atoms with Gasteiger partial charge < -0.3 is 14.2 Å². The molecule has 0 N–H and O–H groups in total. The summed E-state index contributed by atoms with van der Waals surface area (Å²) in [5, 5.41) is 12.2. The molecule has 8 nitrogen and oxygen atoms in total. The average molecular weight is 569 g/mol. The molecule has 194 valence electrons. The van der Waals surface area contributed by atoms with Gasteiger partial charge in [0.05, 0.1) is 30.2 Å². The second-order valence-electron chi connectivity index (χ2n) is 8.36. The number of ether oxygens (including phenoxy) is 3. The van der Waals surface area contributed by atoms with Gasteiger partial charge in [-0.3, -0.25) is 0 Å². The standard InChI is InChI=1S/C27H22Cl2N4O4S/c1-3-35-27(34)37-23-11-30-26(29)24-19(15-38-25(23)24)14-36-22-10-18(7-4-16(22)2)21-13-33(32-31-21)12-17-5-8-20(28)9-6-17/h4-11,13,15H,3,12,14H2,1-2H3. The number of benzene rings is 2. The number of carbonyl (C=O) groups excluding carboxylic acids is 1. The molecule has 0 radical (unpaired) electrons. The van der Waals surface area contributed by atoms with Gasteiger partial charge in [0.1, 0.15) is 23.2 Å². The molecule has 38 heavy (non-hydrogen) atoms. The number of thiophene rings is 1. The topological polar surface area (TPSA) is 88.4 Å². The van der Waals surface area contributed by atoms with Crippen LogP contribution in [0.3, 0.4) is 0 Å². The number of hydrogen-bond acceptors (Lipinski definition) is 8. The summed E-state index contributed by atoms with van der Waals surface area (Å²) in [6.45, 7) is 4.72. The van der Waals surface area contributed by atoms with Crippen molar-refractivity contribution < 1.29 is 19.0 Å². The third-order valence-corrected chi connectivity index (χ3v) is 7.29. The first kappa shape index (κ1) is 26.0. The van der Waals surface area contributed by atoms with Crippen LogP contribution < -0.4 is 9.47 Å². The van der Waals surface area contributed by atoms with E-state index in [1.807, 2.05) is 61.0 Å². The van der Waals surface area contributed by atoms with Crippen LogP contribution in [0.1, 0.15) is 23.6 Å². The Morgan fingerprint density at radius 3 is 2.71 bits per heavy atom. The lowest BCUT2D eigenvalue weighted by atomic mass is 10.1. The molecule has 0 unspecified atom stereocenters. The first-order valence-electron chi connectivity index (χ1n) is 11.7. The summed E-state index contributed by atoms with van der Waals surface area (Å²) in [6, 6.07) is 13.5. The molecule has 5 rings (SSSR count). The number of hydrogen-bond donors (Lipinski definition) is 0. The third-order valence-electron chi connectivity index (χ3n) is 5.71. The molecule has 0 fully saturated rings. The molecule has 0 aliphatic carbocycles. The van der Waals surface area contributed by atoms with Crippen LogP contribution in [-0.4, -0.2) is 32.7 Å². The molecule has 11 heteroatoms. The van der Waals surface area contributed by atoms with Crippen molar-refractivity contribution in [2.45, 2.75) is 27.0 Å². The number of nitrogens with zero attached hydrogens (tertiary/aromatic N) is 4. The van der Waals surface area contributed by atoms with Crippen molar-refractivity contribution >= 4 is 50.8 Å². The highest BCUT2D eigenvalue weighted by atomic mass is 35.5. The van der Waals surface area contributed by atoms with Gasteiger partial charge in [0.2, 0.25) is 0 Å². The van der Waals surface area contributed by atoms with Crippen LogP contribution in [0.5, 0.6) is 11.5 Å². The van der Waals surface area contributed by atoms with E-state index in [0.29, 0.717) is 38.3 Å². The molecule has 0 saturated heterocycles. The molecule has 0 aliphatic heterocycles. The Morgan fingerprint density at radius 1 is 1.11 bits per heavy atom. The SMILES string of the molecule is CCOC(=O)Oc1cnc(Cl)c2c(COc3cc(-c4cn(Cc5ccc(Cl)cc5)nn4)ccc3C)csc12. The van der Waals surface area contributed by atoms with Crippen LogP contribution in [0, 0.1) is 6.92 Å². The van der Waals surface area contributed by atoms with E-state index < -0.39 is 6.16 Å². The first-order chi connectivity index (χ1) is 18.4. The molecule has 0 spiro atoms. The number of rotatable bonds is 8. The van der Waals surface area contributed by atoms with Crippen LogP contribution in [0.4, 0.5) is 4.79 Å². The maximum Gasteiger partial charge on any atom is 0.513 e. The zero-order valence-corrected chi connectivity index (χ0v) is 22.8. The molecule has 3 heterocycles. The smallest absolute Gasteiger partial charge is 0.489 e. The molecule has 0 atom stereocenters. The van der Waals surface area contributed by atoms with E-state index in [2.05, 4.69) is 15.3 Å². The molecule has 5 aromatic rings. The lowest BCUT2D eigenvalue weighted by molar-refractivity contribution is 0.105. The predicted molar refractivity (Wildman–Crippen MR) is 147 cm³/mol. The van der Waals surface area contributed by atoms with Gasteiger partial charge in [0.25, 0.3) is 0 Å². The summed E-state index contributed by atoms with van der Waals surface area (Å²) in [5.41, 5.74) is 4.49. The van der Waals surface area contributed by atoms with Crippen molar-refractivity contribution in [3.05, 3.63) is 87.1 Å². The zero-order chi connectivity index (χ0) is 26.6. The van der Waals surface area contributed by atoms with Crippen LogP contribution in [0.15, 0.2) is 60.2 Å². The van der Waals surface area contributed by atoms with Crippen LogP contribution in [0.25, 0.3) is 21.3 Å². The van der Waals surface area contributed by atoms with Gasteiger partial charge in [-0.2, -0.15) is 0 Å². The fraction of sp³-hybridized carbons (Fsp3) is 0.185. The Kier molecular flexibility index (Phi) is 7.78. The molecular formula is C27H22Cl2N4O4S. The number of halogens is 2. The van der Waals surface area contributed by atoms with Gasteiger partial charge >= 0.3 is 6.16 Å². The number of aryl methyl sites for hydroxylation is 1. The van der Waals surface area contributed by atoms with Crippen molar-refractivity contribution in [3.63, 3.8) is 0 Å². The Balaban J connectivity index is 1.33. The average Bonchev–Trinajstić information content (AvgIpc) is 3.55. The highest BCUT2D eigenvalue weighted by molar-refractivity contribution is 7.17. The fourth-order valence-corrected chi connectivity index (χ4v) is 5.26. The molecule has 0 bridgehead atoms. The van der Waals surface area contributed by atoms with E-state index in [-0.39, 0.29) is 13.2 Å². The Bertz CT molecular complexity index is 1600. The van der Waals surface area contributed by atoms with Crippen LogP contribution >= 0.6 is 34.5 Å². The van der Waals surface area contributed by atoms with Gasteiger partial charge in [-0.1, -0.05) is 52.7 Å². The molecule has 3 aromatic heterocycles. The Morgan fingerprint density at radius 2 is 1.92 bits per heavy atom. The van der Waals surface area contributed by atoms with E-state index in [1.165, 1.54) is 17.5 Å². The van der Waals surface area contributed by atoms with Crippen LogP contribution in [-0.2, 0) is 17.9 Å². The van der Waals surface area contributed by atoms with Gasteiger partial charge in [0, 0.05) is 21.5 Å². The van der Waals surface area contributed by atoms with Gasteiger partial charge in [-0.25, -0.2) is 14.5 Å². The van der Waals surface area contributed by atoms with Crippen molar-refractivity contribution in [1.82, 2.24) is 20.0 Å². The number of aromatic nitrogens is 4. The molecular weight excluding hydrogens is 547 g/mol. The fourth-order valence-electron chi connectivity index (χ4n) is 3.81. The minimum absolute atomic E-state index is 0.212. The normalized spacial score (nSPS) is 11.1. The maximum absolute atomic E-state index is 11.8. The first-order valence-corrected chi connectivity index (χ1v) is 13.3. The lowest BCUT2D eigenvalue weighted by Crippen LogP contribution is -2.10. The summed E-state index contributed by atoms with van der Waals surface area (Å²) in [4.78, 5) is 16.0. The number of carbonyl (C=O) groups is 1. The van der Waals surface area contributed by atoms with E-state index >= 15 is 0 Å². The molecule has 2 aromatic carbocycles. The minimum Gasteiger partial charge on any atom is -0.489 e. The predicted octanol–water partition coefficient (Wildman–Crippen LogP) is 7.33. The molecule has 0 amide bonds. The molecule has 0 aliphatic rings. The van der Waals surface area contributed by atoms with Crippen molar-refractivity contribution in [2.24, 2.45) is 0 Å². The summed E-state index contributed by atoms with van der Waals surface area (Å²) < 4.78 is 18.8. The second kappa shape index (κ2) is 11.4. The van der Waals surface area contributed by atoms with Crippen LogP contribution in [0.2, 0.25) is 10.2 Å². The van der Waals surface area contributed by atoms with E-state index in [0.717, 1.165) is 27.9 Å². The zero-order valence-electron chi connectivity index (χ0n) is 20.5. The van der Waals surface area contributed by atoms with Crippen molar-refractivity contribution in [2.75, 3.05) is 6.61 Å². The highest BCUT2D eigenvalue weighted by Crippen LogP contribution is 2.38. The van der Waals surface area contributed by atoms with Crippen molar-refractivity contribution in [1.29, 1.82) is 0 Å². The quantitative estimate of drug-likeness (QED) is 0.143. The number of pyridine rings is 1. The highest BCUT2D eigenvalue weighted by Gasteiger charge is 2.18. The van der Waals surface area contributed by atoms with E-state index in [9.17, 15) is 4.79 Å². The minimum atomic E-state index is -0.790. The van der Waals surface area contributed by atoms with Crippen molar-refractivity contribution in [3.8, 4) is 22.8 Å².